The molecule has 0 aromatic heterocycles. The average Bonchev–Trinajstić information content (AvgIpc) is 3.05. The lowest BCUT2D eigenvalue weighted by Crippen LogP contribution is -2.43. The second kappa shape index (κ2) is 17.3. The van der Waals surface area contributed by atoms with E-state index >= 15 is 8.78 Å². The van der Waals surface area contributed by atoms with Gasteiger partial charge in [-0.25, -0.2) is 8.78 Å². The van der Waals surface area contributed by atoms with E-state index in [1.54, 1.807) is 12.2 Å². The van der Waals surface area contributed by atoms with Crippen molar-refractivity contribution in [2.45, 2.75) is 109 Å². The molecule has 3 aromatic carbocycles. The minimum absolute atomic E-state index is 0.316. The molecule has 2 atom stereocenters. The van der Waals surface area contributed by atoms with Gasteiger partial charge in [0, 0.05) is 12.2 Å². The van der Waals surface area contributed by atoms with Crippen LogP contribution in [0.25, 0.3) is 27.8 Å². The molecule has 1 aliphatic rings. The Bertz CT molecular complexity index is 1280. The zero-order valence-electron chi connectivity index (χ0n) is 26.3. The van der Waals surface area contributed by atoms with Crippen molar-refractivity contribution in [3.63, 3.8) is 0 Å². The van der Waals surface area contributed by atoms with E-state index in [2.05, 4.69) is 50.2 Å². The summed E-state index contributed by atoms with van der Waals surface area (Å²) in [6.45, 7) is 4.77. The average molecular weight is 585 g/mol. The lowest BCUT2D eigenvalue weighted by atomic mass is 9.82. The summed E-state index contributed by atoms with van der Waals surface area (Å²) in [4.78, 5) is 0. The number of ether oxygens (including phenoxy) is 1. The van der Waals surface area contributed by atoms with E-state index < -0.39 is 17.6 Å². The van der Waals surface area contributed by atoms with Gasteiger partial charge in [-0.3, -0.25) is 0 Å². The van der Waals surface area contributed by atoms with E-state index in [0.29, 0.717) is 24.2 Å². The Kier molecular flexibility index (Phi) is 13.2. The molecule has 0 aliphatic heterocycles. The lowest BCUT2D eigenvalue weighted by Gasteiger charge is -2.36. The molecule has 0 N–H and O–H groups in total. The molecule has 2 unspecified atom stereocenters. The first kappa shape index (κ1) is 32.9. The smallest absolute Gasteiger partial charge is 0.184 e. The summed E-state index contributed by atoms with van der Waals surface area (Å²) in [5, 5.41) is 0. The molecule has 3 heteroatoms. The van der Waals surface area contributed by atoms with Crippen molar-refractivity contribution >= 4 is 5.57 Å². The summed E-state index contributed by atoms with van der Waals surface area (Å²) in [6.07, 6.45) is 16.1. The molecular formula is C40H50F2O. The third-order valence-corrected chi connectivity index (χ3v) is 8.75. The molecule has 4 rings (SSSR count). The molecule has 0 spiro atoms. The molecule has 0 saturated carbocycles. The maximum absolute atomic E-state index is 16.0. The van der Waals surface area contributed by atoms with Gasteiger partial charge in [0.1, 0.15) is 11.4 Å². The molecule has 230 valence electrons. The van der Waals surface area contributed by atoms with Crippen molar-refractivity contribution in [3.05, 3.63) is 102 Å². The van der Waals surface area contributed by atoms with Crippen LogP contribution in [0.5, 0.6) is 0 Å². The molecule has 43 heavy (non-hydrogen) atoms. The Labute approximate surface area is 259 Å². The Hall–Kier alpha value is -3.04. The number of hydrogen-bond acceptors (Lipinski definition) is 1. The van der Waals surface area contributed by atoms with E-state index in [0.717, 1.165) is 48.8 Å². The molecule has 1 aliphatic carbocycles. The minimum atomic E-state index is -1.80. The van der Waals surface area contributed by atoms with Crippen molar-refractivity contribution in [3.8, 4) is 22.3 Å². The van der Waals surface area contributed by atoms with Crippen LogP contribution in [0, 0.1) is 0 Å². The van der Waals surface area contributed by atoms with E-state index in [4.69, 9.17) is 4.74 Å². The molecule has 0 amide bonds. The SMILES string of the molecule is CCCCCCCCCCCCC1(OCCCC)C=CC(c2ccc(-c3ccc(-c4ccccc4)cc3)cc2)=C(F)C1F. The molecule has 0 fully saturated rings. The van der Waals surface area contributed by atoms with Gasteiger partial charge in [0.05, 0.1) is 0 Å². The standard InChI is InChI=1S/C40H50F2O/c1-3-5-7-8-9-10-11-12-13-17-29-40(43-31-6-4-2)30-28-37(38(41)39(40)42)36-26-24-35(25-27-36)34-22-20-33(21-23-34)32-18-15-14-16-19-32/h14-16,18-28,30,39H,3-13,17,29,31H2,1-2H3. The molecule has 0 radical (unpaired) electrons. The van der Waals surface area contributed by atoms with E-state index in [-0.39, 0.29) is 0 Å². The first-order valence-corrected chi connectivity index (χ1v) is 16.7. The molecule has 0 saturated heterocycles. The van der Waals surface area contributed by atoms with Gasteiger partial charge in [-0.2, -0.15) is 0 Å². The zero-order chi connectivity index (χ0) is 30.3. The number of benzene rings is 3. The van der Waals surface area contributed by atoms with E-state index in [1.165, 1.54) is 50.5 Å². The summed E-state index contributed by atoms with van der Waals surface area (Å²) >= 11 is 0. The van der Waals surface area contributed by atoms with Crippen LogP contribution >= 0.6 is 0 Å². The predicted molar refractivity (Wildman–Crippen MR) is 179 cm³/mol. The second-order valence-electron chi connectivity index (χ2n) is 12.1. The van der Waals surface area contributed by atoms with Crippen LogP contribution in [0.4, 0.5) is 8.78 Å². The van der Waals surface area contributed by atoms with Crippen LogP contribution in [0.15, 0.2) is 96.8 Å². The fourth-order valence-electron chi connectivity index (χ4n) is 6.00. The van der Waals surface area contributed by atoms with Crippen LogP contribution in [0.3, 0.4) is 0 Å². The second-order valence-corrected chi connectivity index (χ2v) is 12.1. The predicted octanol–water partition coefficient (Wildman–Crippen LogP) is 12.5. The minimum Gasteiger partial charge on any atom is -0.367 e. The highest BCUT2D eigenvalue weighted by atomic mass is 19.2. The van der Waals surface area contributed by atoms with Gasteiger partial charge in [0.2, 0.25) is 0 Å². The van der Waals surface area contributed by atoms with Gasteiger partial charge in [0.15, 0.2) is 6.17 Å². The van der Waals surface area contributed by atoms with Gasteiger partial charge < -0.3 is 4.74 Å². The lowest BCUT2D eigenvalue weighted by molar-refractivity contribution is -0.0648. The fraction of sp³-hybridized carbons (Fsp3) is 0.450. The van der Waals surface area contributed by atoms with Gasteiger partial charge in [-0.1, -0.05) is 169 Å². The summed E-state index contributed by atoms with van der Waals surface area (Å²) in [7, 11) is 0. The van der Waals surface area contributed by atoms with E-state index in [9.17, 15) is 0 Å². The van der Waals surface area contributed by atoms with Crippen molar-refractivity contribution in [1.82, 2.24) is 0 Å². The Morgan fingerprint density at radius 1 is 0.581 bits per heavy atom. The third-order valence-electron chi connectivity index (χ3n) is 8.75. The highest BCUT2D eigenvalue weighted by molar-refractivity contribution is 5.80. The normalized spacial score (nSPS) is 18.4. The quantitative estimate of drug-likeness (QED) is 0.135. The fourth-order valence-corrected chi connectivity index (χ4v) is 6.00. The third kappa shape index (κ3) is 9.22. The summed E-state index contributed by atoms with van der Waals surface area (Å²) in [6, 6.07) is 26.5. The number of unbranched alkanes of at least 4 members (excludes halogenated alkanes) is 10. The highest BCUT2D eigenvalue weighted by Gasteiger charge is 2.44. The summed E-state index contributed by atoms with van der Waals surface area (Å²) < 4.78 is 37.8. The Morgan fingerprint density at radius 3 is 1.58 bits per heavy atom. The van der Waals surface area contributed by atoms with Gasteiger partial charge in [-0.05, 0) is 46.7 Å². The summed E-state index contributed by atoms with van der Waals surface area (Å²) in [5.41, 5.74) is 4.25. The number of hydrogen-bond donors (Lipinski definition) is 0. The maximum Gasteiger partial charge on any atom is 0.184 e. The van der Waals surface area contributed by atoms with Gasteiger partial charge in [0.25, 0.3) is 0 Å². The first-order valence-electron chi connectivity index (χ1n) is 16.7. The topological polar surface area (TPSA) is 9.23 Å². The summed E-state index contributed by atoms with van der Waals surface area (Å²) in [5.74, 6) is -0.717. The van der Waals surface area contributed by atoms with Crippen molar-refractivity contribution < 1.29 is 13.5 Å². The van der Waals surface area contributed by atoms with Crippen LogP contribution in [0.2, 0.25) is 0 Å². The number of rotatable bonds is 18. The monoisotopic (exact) mass is 584 g/mol. The maximum atomic E-state index is 16.0. The largest absolute Gasteiger partial charge is 0.367 e. The van der Waals surface area contributed by atoms with E-state index in [1.807, 2.05) is 42.5 Å². The van der Waals surface area contributed by atoms with Gasteiger partial charge in [-0.15, -0.1) is 0 Å². The van der Waals surface area contributed by atoms with Gasteiger partial charge >= 0.3 is 0 Å². The Balaban J connectivity index is 1.37. The van der Waals surface area contributed by atoms with Crippen LogP contribution in [0.1, 0.15) is 103 Å². The van der Waals surface area contributed by atoms with Crippen molar-refractivity contribution in [2.75, 3.05) is 6.61 Å². The highest BCUT2D eigenvalue weighted by Crippen LogP contribution is 2.41. The van der Waals surface area contributed by atoms with Crippen molar-refractivity contribution in [1.29, 1.82) is 0 Å². The zero-order valence-corrected chi connectivity index (χ0v) is 26.3. The molecular weight excluding hydrogens is 534 g/mol. The molecule has 0 bridgehead atoms. The van der Waals surface area contributed by atoms with Crippen LogP contribution < -0.4 is 0 Å². The number of halogens is 2. The number of allylic oxidation sites excluding steroid dienone is 2. The number of alkyl halides is 1. The molecule has 1 nitrogen and oxygen atoms in total. The van der Waals surface area contributed by atoms with Crippen LogP contribution in [-0.2, 0) is 4.74 Å². The molecule has 0 heterocycles. The first-order chi connectivity index (χ1) is 21.1. The Morgan fingerprint density at radius 2 is 1.05 bits per heavy atom. The van der Waals surface area contributed by atoms with Crippen molar-refractivity contribution in [2.24, 2.45) is 0 Å². The van der Waals surface area contributed by atoms with Crippen LogP contribution in [-0.4, -0.2) is 18.4 Å². The molecule has 3 aromatic rings.